The molecule has 0 fully saturated rings. The molecule has 118 valence electrons. The molecule has 0 N–H and O–H groups in total. The van der Waals surface area contributed by atoms with Crippen molar-refractivity contribution in [3.8, 4) is 6.07 Å². The maximum absolute atomic E-state index is 10.9. The highest BCUT2D eigenvalue weighted by molar-refractivity contribution is 5.50. The minimum atomic E-state index is -0.788. The second-order valence-electron chi connectivity index (χ2n) is 5.08. The number of nitrogens with zero attached hydrogens (tertiary/aromatic N) is 1. The largest absolute Gasteiger partial charge is 0.369 e. The van der Waals surface area contributed by atoms with E-state index in [0.717, 1.165) is 17.4 Å². The van der Waals surface area contributed by atoms with Crippen LogP contribution in [0.15, 0.2) is 60.7 Å². The van der Waals surface area contributed by atoms with Gasteiger partial charge in [-0.2, -0.15) is 5.26 Å². The Bertz CT molecular complexity index is 622. The Morgan fingerprint density at radius 3 is 1.91 bits per heavy atom. The van der Waals surface area contributed by atoms with Gasteiger partial charge in [0.2, 0.25) is 0 Å². The Balaban J connectivity index is 1.93. The van der Waals surface area contributed by atoms with Gasteiger partial charge in [-0.3, -0.25) is 0 Å². The van der Waals surface area contributed by atoms with Crippen LogP contribution in [0.25, 0.3) is 0 Å². The second-order valence-corrected chi connectivity index (χ2v) is 5.08. The van der Waals surface area contributed by atoms with Crippen molar-refractivity contribution in [2.45, 2.75) is 31.8 Å². The van der Waals surface area contributed by atoms with Crippen LogP contribution in [0.5, 0.6) is 0 Å². The van der Waals surface area contributed by atoms with Gasteiger partial charge in [-0.05, 0) is 11.1 Å². The lowest BCUT2D eigenvalue weighted by atomic mass is 10.1. The first kappa shape index (κ1) is 16.9. The monoisotopic (exact) mass is 309 g/mol. The molecule has 0 aliphatic heterocycles. The number of benzene rings is 2. The summed E-state index contributed by atoms with van der Waals surface area (Å²) in [5, 5.41) is 9.33. The number of rotatable bonds is 9. The SMILES string of the molecule is N#C[C@@H](OCc1ccccc1)[C@@H](CC=O)OCc1ccccc1. The molecule has 4 nitrogen and oxygen atoms in total. The molecule has 0 spiro atoms. The van der Waals surface area contributed by atoms with E-state index in [1.165, 1.54) is 0 Å². The summed E-state index contributed by atoms with van der Waals surface area (Å²) in [6.45, 7) is 0.648. The fourth-order valence-electron chi connectivity index (χ4n) is 2.14. The van der Waals surface area contributed by atoms with Crippen molar-refractivity contribution in [3.05, 3.63) is 71.8 Å². The van der Waals surface area contributed by atoms with Gasteiger partial charge in [0.05, 0.1) is 19.3 Å². The van der Waals surface area contributed by atoms with Crippen LogP contribution in [-0.2, 0) is 27.5 Å². The molecular formula is C19H19NO3. The quantitative estimate of drug-likeness (QED) is 0.667. The molecule has 2 aromatic rings. The average molecular weight is 309 g/mol. The van der Waals surface area contributed by atoms with Gasteiger partial charge >= 0.3 is 0 Å². The molecule has 0 bridgehead atoms. The molecule has 23 heavy (non-hydrogen) atoms. The second kappa shape index (κ2) is 9.52. The van der Waals surface area contributed by atoms with Crippen LogP contribution in [0.4, 0.5) is 0 Å². The zero-order valence-corrected chi connectivity index (χ0v) is 12.8. The van der Waals surface area contributed by atoms with Crippen LogP contribution in [0.3, 0.4) is 0 Å². The van der Waals surface area contributed by atoms with Gasteiger partial charge in [-0.25, -0.2) is 0 Å². The van der Waals surface area contributed by atoms with E-state index in [1.54, 1.807) is 0 Å². The molecule has 2 rings (SSSR count). The van der Waals surface area contributed by atoms with Gasteiger partial charge in [-0.15, -0.1) is 0 Å². The third kappa shape index (κ3) is 5.67. The molecular weight excluding hydrogens is 290 g/mol. The van der Waals surface area contributed by atoms with Crippen LogP contribution >= 0.6 is 0 Å². The molecule has 0 unspecified atom stereocenters. The summed E-state index contributed by atoms with van der Waals surface area (Å²) in [5.74, 6) is 0. The summed E-state index contributed by atoms with van der Waals surface area (Å²) in [5.41, 5.74) is 1.96. The summed E-state index contributed by atoms with van der Waals surface area (Å²) in [6.07, 6.45) is -0.489. The van der Waals surface area contributed by atoms with Crippen molar-refractivity contribution in [2.24, 2.45) is 0 Å². The van der Waals surface area contributed by atoms with Gasteiger partial charge in [-0.1, -0.05) is 60.7 Å². The van der Waals surface area contributed by atoms with Crippen molar-refractivity contribution in [1.82, 2.24) is 0 Å². The van der Waals surface area contributed by atoms with Crippen LogP contribution in [-0.4, -0.2) is 18.5 Å². The smallest absolute Gasteiger partial charge is 0.170 e. The highest BCUT2D eigenvalue weighted by Crippen LogP contribution is 2.13. The third-order valence-electron chi connectivity index (χ3n) is 3.37. The number of carbonyl (C=O) groups excluding carboxylic acids is 1. The number of nitriles is 1. The fourth-order valence-corrected chi connectivity index (χ4v) is 2.14. The van der Waals surface area contributed by atoms with Crippen molar-refractivity contribution in [2.75, 3.05) is 0 Å². The van der Waals surface area contributed by atoms with E-state index in [4.69, 9.17) is 9.47 Å². The molecule has 2 atom stereocenters. The van der Waals surface area contributed by atoms with E-state index < -0.39 is 12.2 Å². The molecule has 0 aliphatic carbocycles. The lowest BCUT2D eigenvalue weighted by molar-refractivity contribution is -0.115. The zero-order valence-electron chi connectivity index (χ0n) is 12.8. The Morgan fingerprint density at radius 2 is 1.43 bits per heavy atom. The first-order valence-electron chi connectivity index (χ1n) is 7.48. The average Bonchev–Trinajstić information content (AvgIpc) is 2.62. The Labute approximate surface area is 136 Å². The molecule has 0 radical (unpaired) electrons. The standard InChI is InChI=1S/C19H19NO3/c20-13-19(23-15-17-9-5-2-6-10-17)18(11-12-21)22-14-16-7-3-1-4-8-16/h1-10,12,18-19H,11,14-15H2/t18-,19-/m1/s1. The maximum Gasteiger partial charge on any atom is 0.170 e. The van der Waals surface area contributed by atoms with Gasteiger partial charge < -0.3 is 14.3 Å². The summed E-state index contributed by atoms with van der Waals surface area (Å²) in [4.78, 5) is 10.9. The molecule has 0 saturated heterocycles. The van der Waals surface area contributed by atoms with Crippen LogP contribution in [0.1, 0.15) is 17.5 Å². The van der Waals surface area contributed by atoms with E-state index in [9.17, 15) is 10.1 Å². The molecule has 0 saturated carbocycles. The molecule has 0 aromatic heterocycles. The Kier molecular flexibility index (Phi) is 6.99. The van der Waals surface area contributed by atoms with Crippen molar-refractivity contribution < 1.29 is 14.3 Å². The van der Waals surface area contributed by atoms with Gasteiger partial charge in [0, 0.05) is 6.42 Å². The first-order chi connectivity index (χ1) is 11.3. The minimum absolute atomic E-state index is 0.125. The normalized spacial score (nSPS) is 13.0. The molecule has 0 heterocycles. The lowest BCUT2D eigenvalue weighted by Crippen LogP contribution is -2.31. The minimum Gasteiger partial charge on any atom is -0.369 e. The predicted octanol–water partition coefficient (Wildman–Crippen LogP) is 3.27. The highest BCUT2D eigenvalue weighted by atomic mass is 16.5. The van der Waals surface area contributed by atoms with E-state index >= 15 is 0 Å². The topological polar surface area (TPSA) is 59.3 Å². The summed E-state index contributed by atoms with van der Waals surface area (Å²) in [7, 11) is 0. The van der Waals surface area contributed by atoms with Crippen molar-refractivity contribution in [1.29, 1.82) is 5.26 Å². The molecule has 0 aliphatic rings. The zero-order chi connectivity index (χ0) is 16.3. The summed E-state index contributed by atoms with van der Waals surface area (Å²) < 4.78 is 11.4. The van der Waals surface area contributed by atoms with Crippen LogP contribution in [0, 0.1) is 11.3 Å². The number of aldehydes is 1. The molecule has 0 amide bonds. The Hall–Kier alpha value is -2.48. The fraction of sp³-hybridized carbons (Fsp3) is 0.263. The molecule has 4 heteroatoms. The van der Waals surface area contributed by atoms with Gasteiger partial charge in [0.25, 0.3) is 0 Å². The number of hydrogen-bond acceptors (Lipinski definition) is 4. The first-order valence-corrected chi connectivity index (χ1v) is 7.48. The summed E-state index contributed by atoms with van der Waals surface area (Å²) >= 11 is 0. The maximum atomic E-state index is 10.9. The Morgan fingerprint density at radius 1 is 0.913 bits per heavy atom. The third-order valence-corrected chi connectivity index (χ3v) is 3.37. The van der Waals surface area contributed by atoms with E-state index in [1.807, 2.05) is 60.7 Å². The van der Waals surface area contributed by atoms with E-state index in [2.05, 4.69) is 6.07 Å². The highest BCUT2D eigenvalue weighted by Gasteiger charge is 2.22. The number of carbonyl (C=O) groups is 1. The van der Waals surface area contributed by atoms with Crippen molar-refractivity contribution >= 4 is 6.29 Å². The van der Waals surface area contributed by atoms with Gasteiger partial charge in [0.1, 0.15) is 12.4 Å². The van der Waals surface area contributed by atoms with Crippen LogP contribution in [0.2, 0.25) is 0 Å². The van der Waals surface area contributed by atoms with Crippen LogP contribution < -0.4 is 0 Å². The lowest BCUT2D eigenvalue weighted by Gasteiger charge is -2.21. The predicted molar refractivity (Wildman–Crippen MR) is 86.3 cm³/mol. The van der Waals surface area contributed by atoms with E-state index in [-0.39, 0.29) is 6.42 Å². The number of ether oxygens (including phenoxy) is 2. The number of hydrogen-bond donors (Lipinski definition) is 0. The van der Waals surface area contributed by atoms with Crippen molar-refractivity contribution in [3.63, 3.8) is 0 Å². The summed E-state index contributed by atoms with van der Waals surface area (Å²) in [6, 6.07) is 21.3. The van der Waals surface area contributed by atoms with E-state index in [0.29, 0.717) is 13.2 Å². The molecule has 2 aromatic carbocycles. The van der Waals surface area contributed by atoms with Gasteiger partial charge in [0.15, 0.2) is 6.10 Å².